The molecule has 0 spiro atoms. The highest BCUT2D eigenvalue weighted by Gasteiger charge is 2.29. The van der Waals surface area contributed by atoms with Gasteiger partial charge in [0.1, 0.15) is 0 Å². The number of aromatic nitrogens is 2. The lowest BCUT2D eigenvalue weighted by molar-refractivity contribution is -0.116. The normalized spacial score (nSPS) is 15.4. The topological polar surface area (TPSA) is 84.3 Å². The van der Waals surface area contributed by atoms with Crippen LogP contribution in [0, 0.1) is 5.92 Å². The summed E-state index contributed by atoms with van der Waals surface area (Å²) >= 11 is 0. The third-order valence-electron chi connectivity index (χ3n) is 6.12. The molecule has 0 bridgehead atoms. The van der Waals surface area contributed by atoms with Crippen LogP contribution >= 0.6 is 0 Å². The number of amides is 1. The van der Waals surface area contributed by atoms with E-state index in [1.54, 1.807) is 39.4 Å². The van der Waals surface area contributed by atoms with Gasteiger partial charge in [-0.3, -0.25) is 9.48 Å². The summed E-state index contributed by atoms with van der Waals surface area (Å²) in [5, 5.41) is 6.93. The van der Waals surface area contributed by atoms with Gasteiger partial charge in [-0.25, -0.2) is 8.42 Å². The molecular formula is C25H30N4O3S. The number of carbonyl (C=O) groups excluding carboxylic acids is 1. The number of hydrogen-bond donors (Lipinski definition) is 1. The van der Waals surface area contributed by atoms with Gasteiger partial charge in [0.2, 0.25) is 15.9 Å². The standard InChI is InChI=1S/C25H30N4O3S/c1-28-19-22(18-26-28)7-12-25(30)27-23-8-10-24(11-9-23)33(31,32)29-15-13-21(14-16-29)17-20-5-3-2-4-6-20/h2-6,8-11,18-19,21H,7,12-17H2,1H3,(H,27,30). The number of nitrogens with zero attached hydrogens (tertiary/aromatic N) is 3. The Kier molecular flexibility index (Phi) is 7.25. The van der Waals surface area contributed by atoms with Gasteiger partial charge in [0.25, 0.3) is 0 Å². The fraction of sp³-hybridized carbons (Fsp3) is 0.360. The molecule has 1 aliphatic heterocycles. The number of benzene rings is 2. The third kappa shape index (κ3) is 6.09. The molecule has 7 nitrogen and oxygen atoms in total. The van der Waals surface area contributed by atoms with Crippen LogP contribution in [0.1, 0.15) is 30.4 Å². The zero-order chi connectivity index (χ0) is 23.3. The van der Waals surface area contributed by atoms with E-state index in [4.69, 9.17) is 0 Å². The van der Waals surface area contributed by atoms with Crippen LogP contribution in [0.25, 0.3) is 0 Å². The van der Waals surface area contributed by atoms with Crippen molar-refractivity contribution in [2.75, 3.05) is 18.4 Å². The maximum atomic E-state index is 13.1. The average molecular weight is 467 g/mol. The van der Waals surface area contributed by atoms with Crippen LogP contribution in [0.15, 0.2) is 71.9 Å². The summed E-state index contributed by atoms with van der Waals surface area (Å²) in [5.41, 5.74) is 2.89. The minimum Gasteiger partial charge on any atom is -0.326 e. The van der Waals surface area contributed by atoms with Gasteiger partial charge in [0.15, 0.2) is 0 Å². The second kappa shape index (κ2) is 10.3. The molecule has 8 heteroatoms. The zero-order valence-corrected chi connectivity index (χ0v) is 19.7. The van der Waals surface area contributed by atoms with E-state index < -0.39 is 10.0 Å². The number of rotatable bonds is 8. The molecule has 0 radical (unpaired) electrons. The van der Waals surface area contributed by atoms with Crippen LogP contribution in [-0.4, -0.2) is 41.5 Å². The monoisotopic (exact) mass is 466 g/mol. The van der Waals surface area contributed by atoms with Crippen LogP contribution in [0.5, 0.6) is 0 Å². The molecule has 4 rings (SSSR count). The summed E-state index contributed by atoms with van der Waals surface area (Å²) in [7, 11) is -1.70. The predicted octanol–water partition coefficient (Wildman–Crippen LogP) is 3.63. The molecule has 2 heterocycles. The van der Waals surface area contributed by atoms with E-state index in [1.807, 2.05) is 31.4 Å². The van der Waals surface area contributed by atoms with Gasteiger partial charge in [0.05, 0.1) is 11.1 Å². The number of nitrogens with one attached hydrogen (secondary N) is 1. The smallest absolute Gasteiger partial charge is 0.243 e. The number of carbonyl (C=O) groups is 1. The van der Waals surface area contributed by atoms with Gasteiger partial charge in [-0.2, -0.15) is 9.40 Å². The largest absolute Gasteiger partial charge is 0.326 e. The fourth-order valence-electron chi connectivity index (χ4n) is 4.24. The number of aryl methyl sites for hydroxylation is 2. The minimum atomic E-state index is -3.54. The number of sulfonamides is 1. The zero-order valence-electron chi connectivity index (χ0n) is 18.9. The van der Waals surface area contributed by atoms with Crippen LogP contribution < -0.4 is 5.32 Å². The summed E-state index contributed by atoms with van der Waals surface area (Å²) in [6.45, 7) is 1.07. The first-order chi connectivity index (χ1) is 15.9. The summed E-state index contributed by atoms with van der Waals surface area (Å²) in [5.74, 6) is 0.387. The van der Waals surface area contributed by atoms with E-state index in [0.717, 1.165) is 24.8 Å². The summed E-state index contributed by atoms with van der Waals surface area (Å²) in [6.07, 6.45) is 7.28. The molecule has 0 unspecified atom stereocenters. The number of anilines is 1. The molecule has 1 saturated heterocycles. The first-order valence-corrected chi connectivity index (χ1v) is 12.8. The summed E-state index contributed by atoms with van der Waals surface area (Å²) in [6, 6.07) is 16.8. The van der Waals surface area contributed by atoms with Crippen LogP contribution in [-0.2, 0) is 34.7 Å². The lowest BCUT2D eigenvalue weighted by Crippen LogP contribution is -2.38. The van der Waals surface area contributed by atoms with E-state index in [2.05, 4.69) is 22.5 Å². The lowest BCUT2D eigenvalue weighted by atomic mass is 9.91. The third-order valence-corrected chi connectivity index (χ3v) is 8.03. The molecule has 0 aliphatic carbocycles. The van der Waals surface area contributed by atoms with Gasteiger partial charge < -0.3 is 5.32 Å². The van der Waals surface area contributed by atoms with Crippen LogP contribution in [0.3, 0.4) is 0 Å². The van der Waals surface area contributed by atoms with Crippen molar-refractivity contribution in [2.24, 2.45) is 13.0 Å². The van der Waals surface area contributed by atoms with Crippen molar-refractivity contribution in [3.63, 3.8) is 0 Å². The molecule has 2 aromatic carbocycles. The second-order valence-electron chi connectivity index (χ2n) is 8.63. The molecule has 3 aromatic rings. The summed E-state index contributed by atoms with van der Waals surface area (Å²) < 4.78 is 29.4. The Morgan fingerprint density at radius 2 is 1.73 bits per heavy atom. The molecule has 1 N–H and O–H groups in total. The van der Waals surface area contributed by atoms with Crippen molar-refractivity contribution < 1.29 is 13.2 Å². The van der Waals surface area contributed by atoms with Crippen molar-refractivity contribution in [3.05, 3.63) is 78.1 Å². The predicted molar refractivity (Wildman–Crippen MR) is 128 cm³/mol. The lowest BCUT2D eigenvalue weighted by Gasteiger charge is -2.31. The quantitative estimate of drug-likeness (QED) is 0.549. The second-order valence-corrected chi connectivity index (χ2v) is 10.6. The molecular weight excluding hydrogens is 436 g/mol. The Labute approximate surface area is 195 Å². The minimum absolute atomic E-state index is 0.116. The van der Waals surface area contributed by atoms with E-state index >= 15 is 0 Å². The average Bonchev–Trinajstić information content (AvgIpc) is 3.24. The Balaban J connectivity index is 1.29. The fourth-order valence-corrected chi connectivity index (χ4v) is 5.71. The van der Waals surface area contributed by atoms with E-state index in [1.165, 1.54) is 5.56 Å². The maximum Gasteiger partial charge on any atom is 0.243 e. The molecule has 174 valence electrons. The SMILES string of the molecule is Cn1cc(CCC(=O)Nc2ccc(S(=O)(=O)N3CCC(Cc4ccccc4)CC3)cc2)cn1. The highest BCUT2D eigenvalue weighted by Crippen LogP contribution is 2.26. The maximum absolute atomic E-state index is 13.1. The first kappa shape index (κ1) is 23.2. The highest BCUT2D eigenvalue weighted by molar-refractivity contribution is 7.89. The van der Waals surface area contributed by atoms with Gasteiger partial charge in [-0.05, 0) is 67.0 Å². The first-order valence-electron chi connectivity index (χ1n) is 11.3. The van der Waals surface area contributed by atoms with Gasteiger partial charge in [0, 0.05) is 38.4 Å². The molecule has 33 heavy (non-hydrogen) atoms. The van der Waals surface area contributed by atoms with Crippen molar-refractivity contribution in [1.29, 1.82) is 0 Å². The van der Waals surface area contributed by atoms with Gasteiger partial charge >= 0.3 is 0 Å². The van der Waals surface area contributed by atoms with Crippen molar-refractivity contribution >= 4 is 21.6 Å². The molecule has 0 saturated carbocycles. The van der Waals surface area contributed by atoms with Crippen LogP contribution in [0.2, 0.25) is 0 Å². The highest BCUT2D eigenvalue weighted by atomic mass is 32.2. The molecule has 0 atom stereocenters. The van der Waals surface area contributed by atoms with Gasteiger partial charge in [-0.15, -0.1) is 0 Å². The van der Waals surface area contributed by atoms with E-state index in [9.17, 15) is 13.2 Å². The Hall–Kier alpha value is -2.97. The Bertz CT molecular complexity index is 1170. The molecule has 1 aliphatic rings. The number of piperidine rings is 1. The Morgan fingerprint density at radius 3 is 2.36 bits per heavy atom. The van der Waals surface area contributed by atoms with E-state index in [-0.39, 0.29) is 10.8 Å². The number of hydrogen-bond acceptors (Lipinski definition) is 4. The van der Waals surface area contributed by atoms with Crippen molar-refractivity contribution in [3.8, 4) is 0 Å². The van der Waals surface area contributed by atoms with Gasteiger partial charge in [-0.1, -0.05) is 30.3 Å². The summed E-state index contributed by atoms with van der Waals surface area (Å²) in [4.78, 5) is 12.5. The van der Waals surface area contributed by atoms with Crippen molar-refractivity contribution in [1.82, 2.24) is 14.1 Å². The van der Waals surface area contributed by atoms with Crippen LogP contribution in [0.4, 0.5) is 5.69 Å². The molecule has 1 amide bonds. The molecule has 1 aromatic heterocycles. The van der Waals surface area contributed by atoms with E-state index in [0.29, 0.717) is 37.5 Å². The molecule has 1 fully saturated rings. The Morgan fingerprint density at radius 1 is 1.03 bits per heavy atom. The van der Waals surface area contributed by atoms with Crippen molar-refractivity contribution in [2.45, 2.75) is 37.0 Å².